The van der Waals surface area contributed by atoms with Gasteiger partial charge in [-0.25, -0.2) is 9.18 Å². The number of benzene rings is 1. The summed E-state index contributed by atoms with van der Waals surface area (Å²) in [6.45, 7) is 9.05. The molecule has 0 spiro atoms. The maximum atomic E-state index is 13.2. The van der Waals surface area contributed by atoms with Crippen LogP contribution in [0.5, 0.6) is 0 Å². The van der Waals surface area contributed by atoms with Gasteiger partial charge in [-0.3, -0.25) is 0 Å². The highest BCUT2D eigenvalue weighted by Gasteiger charge is 2.26. The number of esters is 1. The lowest BCUT2D eigenvalue weighted by atomic mass is 10.1. The molecule has 1 aliphatic heterocycles. The highest BCUT2D eigenvalue weighted by atomic mass is 35.5. The summed E-state index contributed by atoms with van der Waals surface area (Å²) in [6, 6.07) is 5.79. The van der Waals surface area contributed by atoms with Crippen LogP contribution in [0.3, 0.4) is 0 Å². The molecule has 0 aliphatic carbocycles. The van der Waals surface area contributed by atoms with Crippen LogP contribution in [0, 0.1) is 11.7 Å². The van der Waals surface area contributed by atoms with Gasteiger partial charge in [0.1, 0.15) is 18.9 Å². The lowest BCUT2D eigenvalue weighted by molar-refractivity contribution is -0.918. The molecule has 0 saturated carbocycles. The summed E-state index contributed by atoms with van der Waals surface area (Å²) in [4.78, 5) is 14.2. The van der Waals surface area contributed by atoms with Gasteiger partial charge in [0.2, 0.25) is 6.04 Å². The Morgan fingerprint density at radius 1 is 1.15 bits per heavy atom. The Morgan fingerprint density at radius 2 is 1.78 bits per heavy atom. The predicted molar refractivity (Wildman–Crippen MR) is 95.8 cm³/mol. The zero-order chi connectivity index (χ0) is 18.1. The zero-order valence-corrected chi connectivity index (χ0v) is 17.9. The lowest BCUT2D eigenvalue weighted by Crippen LogP contribution is -3.15. The van der Waals surface area contributed by atoms with Gasteiger partial charge in [-0.2, -0.15) is 0 Å². The van der Waals surface area contributed by atoms with Crippen molar-refractivity contribution in [2.45, 2.75) is 45.6 Å². The van der Waals surface area contributed by atoms with Crippen LogP contribution >= 0.6 is 0 Å². The van der Waals surface area contributed by atoms with Crippen LogP contribution < -0.4 is 35.0 Å². The van der Waals surface area contributed by atoms with Gasteiger partial charge in [-0.05, 0) is 55.9 Å². The fraction of sp³-hybridized carbons (Fsp3) is 0.650. The largest absolute Gasteiger partial charge is 1.00 e. The van der Waals surface area contributed by atoms with Crippen molar-refractivity contribution in [3.63, 3.8) is 0 Å². The predicted octanol–water partition coefficient (Wildman–Crippen LogP) is -4.90. The van der Waals surface area contributed by atoms with Gasteiger partial charge in [-0.15, -0.1) is 0 Å². The minimum absolute atomic E-state index is 0. The van der Waals surface area contributed by atoms with E-state index in [1.807, 2.05) is 5.32 Å². The third-order valence-corrected chi connectivity index (χ3v) is 4.88. The minimum atomic E-state index is -0.406. The molecule has 4 nitrogen and oxygen atoms in total. The second-order valence-electron chi connectivity index (χ2n) is 7.46. The van der Waals surface area contributed by atoms with E-state index in [4.69, 9.17) is 4.74 Å². The van der Waals surface area contributed by atoms with Gasteiger partial charge in [0, 0.05) is 5.56 Å². The molecule has 1 aliphatic rings. The van der Waals surface area contributed by atoms with Crippen LogP contribution in [0.4, 0.5) is 4.39 Å². The fourth-order valence-corrected chi connectivity index (χ4v) is 3.28. The van der Waals surface area contributed by atoms with Crippen molar-refractivity contribution in [2.75, 3.05) is 32.8 Å². The van der Waals surface area contributed by atoms with Gasteiger partial charge in [0.25, 0.3) is 0 Å². The number of carbonyl (C=O) groups excluding carboxylic acids is 1. The molecule has 7 heteroatoms. The minimum Gasteiger partial charge on any atom is -1.00 e. The Labute approximate surface area is 175 Å². The number of nitrogens with one attached hydrogen (secondary N) is 1. The van der Waals surface area contributed by atoms with E-state index in [-0.39, 0.29) is 36.6 Å². The van der Waals surface area contributed by atoms with E-state index in [1.165, 1.54) is 44.5 Å². The topological polar surface area (TPSA) is 47.3 Å². The molecular weight excluding hydrogens is 390 g/mol. The molecule has 1 unspecified atom stereocenters. The number of nitrogens with two attached hydrogens (primary N) is 1. The number of halogens is 3. The molecule has 1 aromatic carbocycles. The lowest BCUT2D eigenvalue weighted by Gasteiger charge is -2.23. The third kappa shape index (κ3) is 9.74. The van der Waals surface area contributed by atoms with Crippen molar-refractivity contribution in [2.24, 2.45) is 5.92 Å². The Bertz CT molecular complexity index is 523. The molecule has 27 heavy (non-hydrogen) atoms. The number of piperidine rings is 1. The van der Waals surface area contributed by atoms with Crippen LogP contribution in [0.15, 0.2) is 24.3 Å². The third-order valence-electron chi connectivity index (χ3n) is 4.88. The molecule has 0 bridgehead atoms. The molecule has 1 saturated heterocycles. The van der Waals surface area contributed by atoms with Crippen LogP contribution in [-0.2, 0) is 9.53 Å². The van der Waals surface area contributed by atoms with E-state index in [2.05, 4.69) is 13.8 Å². The highest BCUT2D eigenvalue weighted by molar-refractivity contribution is 5.75. The van der Waals surface area contributed by atoms with E-state index < -0.39 is 6.04 Å². The first-order chi connectivity index (χ1) is 12.1. The quantitative estimate of drug-likeness (QED) is 0.392. The van der Waals surface area contributed by atoms with Gasteiger partial charge in [0.15, 0.2) is 0 Å². The molecule has 0 amide bonds. The average molecular weight is 423 g/mol. The summed E-state index contributed by atoms with van der Waals surface area (Å²) >= 11 is 0. The first-order valence-electron chi connectivity index (χ1n) is 9.65. The van der Waals surface area contributed by atoms with Crippen LogP contribution in [0.2, 0.25) is 0 Å². The number of hydrogen-bond acceptors (Lipinski definition) is 2. The number of ether oxygens (including phenoxy) is 1. The van der Waals surface area contributed by atoms with E-state index in [9.17, 15) is 9.18 Å². The number of hydrogen-bond donors (Lipinski definition) is 2. The summed E-state index contributed by atoms with van der Waals surface area (Å²) in [5.74, 6) is -0.00177. The Kier molecular flexibility index (Phi) is 13.7. The Hall–Kier alpha value is -0.880. The maximum absolute atomic E-state index is 13.2. The number of carbonyl (C=O) groups is 1. The van der Waals surface area contributed by atoms with E-state index in [1.54, 1.807) is 17.0 Å². The van der Waals surface area contributed by atoms with Crippen molar-refractivity contribution in [1.82, 2.24) is 0 Å². The van der Waals surface area contributed by atoms with Crippen molar-refractivity contribution in [3.05, 3.63) is 35.6 Å². The number of quaternary nitrogens is 2. The number of likely N-dealkylation sites (tertiary alicyclic amines) is 1. The van der Waals surface area contributed by atoms with Crippen molar-refractivity contribution in [1.29, 1.82) is 0 Å². The second kappa shape index (κ2) is 14.2. The molecule has 156 valence electrons. The molecule has 1 aromatic rings. The van der Waals surface area contributed by atoms with Crippen LogP contribution in [-0.4, -0.2) is 38.8 Å². The zero-order valence-electron chi connectivity index (χ0n) is 16.4. The summed E-state index contributed by atoms with van der Waals surface area (Å²) in [5.41, 5.74) is 0.810. The second-order valence-corrected chi connectivity index (χ2v) is 7.46. The molecule has 1 atom stereocenters. The maximum Gasteiger partial charge on any atom is 0.369 e. The molecule has 1 heterocycles. The normalized spacial score (nSPS) is 15.6. The van der Waals surface area contributed by atoms with E-state index in [0.29, 0.717) is 12.5 Å². The first-order valence-corrected chi connectivity index (χ1v) is 9.65. The summed E-state index contributed by atoms with van der Waals surface area (Å²) in [5, 5.41) is 2.05. The van der Waals surface area contributed by atoms with Crippen LogP contribution in [0.25, 0.3) is 0 Å². The van der Waals surface area contributed by atoms with E-state index >= 15 is 0 Å². The molecule has 0 aromatic heterocycles. The first kappa shape index (κ1) is 26.1. The van der Waals surface area contributed by atoms with Crippen molar-refractivity contribution >= 4 is 5.97 Å². The number of rotatable bonds is 9. The SMILES string of the molecule is CC(C)CCOC(=O)C([NH2+]CC[NH+]1CCCCC1)c1ccc(F)cc1.[Cl-].[Cl-]. The molecular formula is C20H33Cl2FN2O2. The molecule has 0 radical (unpaired) electrons. The van der Waals surface area contributed by atoms with Crippen molar-refractivity contribution in [3.8, 4) is 0 Å². The van der Waals surface area contributed by atoms with Gasteiger partial charge in [-0.1, -0.05) is 13.8 Å². The van der Waals surface area contributed by atoms with Crippen LogP contribution in [0.1, 0.15) is 51.1 Å². The van der Waals surface area contributed by atoms with Crippen molar-refractivity contribution < 1.29 is 49.0 Å². The smallest absolute Gasteiger partial charge is 0.369 e. The average Bonchev–Trinajstić information content (AvgIpc) is 2.60. The van der Waals surface area contributed by atoms with Gasteiger partial charge >= 0.3 is 5.97 Å². The molecule has 2 rings (SSSR count). The summed E-state index contributed by atoms with van der Waals surface area (Å²) in [7, 11) is 0. The molecule has 1 fully saturated rings. The Morgan fingerprint density at radius 3 is 2.37 bits per heavy atom. The Balaban J connectivity index is 0.00000338. The monoisotopic (exact) mass is 422 g/mol. The van der Waals surface area contributed by atoms with Gasteiger partial charge in [0.05, 0.1) is 19.7 Å². The highest BCUT2D eigenvalue weighted by Crippen LogP contribution is 2.12. The van der Waals surface area contributed by atoms with E-state index in [0.717, 1.165) is 25.1 Å². The van der Waals surface area contributed by atoms with Gasteiger partial charge < -0.3 is 39.8 Å². The molecule has 3 N–H and O–H groups in total. The summed E-state index contributed by atoms with van der Waals surface area (Å²) < 4.78 is 18.7. The summed E-state index contributed by atoms with van der Waals surface area (Å²) in [6.07, 6.45) is 4.80. The standard InChI is InChI=1S/C20H31FN2O2.2ClH/c1-16(2)10-15-25-20(24)19(17-6-8-18(21)9-7-17)22-11-14-23-12-4-3-5-13-23;;/h6-9,16,19,22H,3-5,10-15H2,1-2H3;2*1H. The fourth-order valence-electron chi connectivity index (χ4n) is 3.28.